The van der Waals surface area contributed by atoms with Gasteiger partial charge in [-0.3, -0.25) is 0 Å². The van der Waals surface area contributed by atoms with Crippen LogP contribution in [0.2, 0.25) is 0 Å². The summed E-state index contributed by atoms with van der Waals surface area (Å²) in [5, 5.41) is 9.09. The van der Waals surface area contributed by atoms with Crippen LogP contribution in [0.1, 0.15) is 27.2 Å². The first-order valence-corrected chi connectivity index (χ1v) is 6.19. The molecule has 3 rings (SSSR count). The van der Waals surface area contributed by atoms with Crippen LogP contribution in [0.4, 0.5) is 4.79 Å². The molecule has 3 aliphatic rings. The van der Waals surface area contributed by atoms with Crippen molar-refractivity contribution in [3.8, 4) is 0 Å². The standard InChI is InChI=1S/C12H22N2O3/c1-12(2,3)17-11(16)14-5-7-4-9(14)10(7)8(13)6-15/h7-10,15H,4-6,13H2,1-3H3/t7-,8?,9-,10?/m0/s1. The van der Waals surface area contributed by atoms with E-state index in [0.29, 0.717) is 5.92 Å². The van der Waals surface area contributed by atoms with Gasteiger partial charge in [-0.1, -0.05) is 0 Å². The lowest BCUT2D eigenvalue weighted by Gasteiger charge is -2.39. The van der Waals surface area contributed by atoms with Crippen molar-refractivity contribution in [1.29, 1.82) is 0 Å². The first kappa shape index (κ1) is 12.6. The smallest absolute Gasteiger partial charge is 0.410 e. The molecule has 1 aliphatic carbocycles. The molecule has 1 amide bonds. The number of nitrogens with zero attached hydrogens (tertiary/aromatic N) is 1. The highest BCUT2D eigenvalue weighted by atomic mass is 16.6. The zero-order valence-electron chi connectivity index (χ0n) is 10.7. The zero-order chi connectivity index (χ0) is 12.8. The third-order valence-electron chi connectivity index (χ3n) is 3.70. The number of fused-ring (bicyclic) bond motifs is 1. The Kier molecular flexibility index (Phi) is 3.08. The molecular weight excluding hydrogens is 220 g/mol. The minimum absolute atomic E-state index is 0.0141. The van der Waals surface area contributed by atoms with Gasteiger partial charge in [-0.15, -0.1) is 0 Å². The molecule has 0 aromatic heterocycles. The molecule has 2 bridgehead atoms. The van der Waals surface area contributed by atoms with E-state index in [9.17, 15) is 4.79 Å². The molecule has 3 N–H and O–H groups in total. The topological polar surface area (TPSA) is 75.8 Å². The average molecular weight is 242 g/mol. The maximum Gasteiger partial charge on any atom is 0.410 e. The van der Waals surface area contributed by atoms with Crippen molar-refractivity contribution in [3.63, 3.8) is 0 Å². The van der Waals surface area contributed by atoms with Crippen molar-refractivity contribution in [1.82, 2.24) is 4.90 Å². The van der Waals surface area contributed by atoms with Gasteiger partial charge in [0, 0.05) is 24.5 Å². The second kappa shape index (κ2) is 4.14. The molecule has 2 saturated heterocycles. The second-order valence-electron chi connectivity index (χ2n) is 6.12. The van der Waals surface area contributed by atoms with Crippen molar-refractivity contribution in [2.24, 2.45) is 17.6 Å². The van der Waals surface area contributed by atoms with Crippen LogP contribution >= 0.6 is 0 Å². The number of carbonyl (C=O) groups is 1. The highest BCUT2D eigenvalue weighted by molar-refractivity contribution is 5.69. The van der Waals surface area contributed by atoms with Gasteiger partial charge in [0.05, 0.1) is 6.61 Å². The van der Waals surface area contributed by atoms with Gasteiger partial charge in [0.25, 0.3) is 0 Å². The van der Waals surface area contributed by atoms with Crippen LogP contribution in [0, 0.1) is 11.8 Å². The molecule has 0 radical (unpaired) electrons. The normalized spacial score (nSPS) is 33.2. The van der Waals surface area contributed by atoms with E-state index in [1.54, 1.807) is 4.90 Å². The first-order chi connectivity index (χ1) is 7.83. The highest BCUT2D eigenvalue weighted by Crippen LogP contribution is 2.47. The van der Waals surface area contributed by atoms with Gasteiger partial charge in [0.2, 0.25) is 0 Å². The number of amides is 1. The molecule has 0 aromatic carbocycles. The zero-order valence-corrected chi connectivity index (χ0v) is 10.7. The average Bonchev–Trinajstić information content (AvgIpc) is 2.71. The van der Waals surface area contributed by atoms with Gasteiger partial charge < -0.3 is 20.5 Å². The quantitative estimate of drug-likeness (QED) is 0.742. The molecule has 5 nitrogen and oxygen atoms in total. The Labute approximate surface area is 102 Å². The Hall–Kier alpha value is -0.810. The third-order valence-corrected chi connectivity index (χ3v) is 3.70. The summed E-state index contributed by atoms with van der Waals surface area (Å²) in [6.45, 7) is 6.30. The molecule has 17 heavy (non-hydrogen) atoms. The molecule has 2 aliphatic heterocycles. The van der Waals surface area contributed by atoms with Crippen LogP contribution in [-0.2, 0) is 4.74 Å². The SMILES string of the molecule is CC(C)(C)OC(=O)N1C[C@@H]2C[C@H]1C2C(N)CO. The number of nitrogens with two attached hydrogens (primary N) is 1. The first-order valence-electron chi connectivity index (χ1n) is 6.19. The maximum atomic E-state index is 12.0. The van der Waals surface area contributed by atoms with Crippen molar-refractivity contribution in [2.45, 2.75) is 44.9 Å². The molecule has 98 valence electrons. The van der Waals surface area contributed by atoms with Crippen molar-refractivity contribution >= 4 is 6.09 Å². The van der Waals surface area contributed by atoms with Gasteiger partial charge >= 0.3 is 6.09 Å². The fourth-order valence-electron chi connectivity index (χ4n) is 2.95. The van der Waals surface area contributed by atoms with E-state index in [1.165, 1.54) is 0 Å². The van der Waals surface area contributed by atoms with E-state index in [0.717, 1.165) is 13.0 Å². The van der Waals surface area contributed by atoms with E-state index in [1.807, 2.05) is 20.8 Å². The Balaban J connectivity index is 1.96. The molecule has 2 heterocycles. The van der Waals surface area contributed by atoms with Crippen LogP contribution in [0.5, 0.6) is 0 Å². The van der Waals surface area contributed by atoms with Crippen molar-refractivity contribution < 1.29 is 14.6 Å². The maximum absolute atomic E-state index is 12.0. The molecular formula is C12H22N2O3. The van der Waals surface area contributed by atoms with Gasteiger partial charge in [0.1, 0.15) is 5.60 Å². The summed E-state index contributed by atoms with van der Waals surface area (Å²) >= 11 is 0. The summed E-state index contributed by atoms with van der Waals surface area (Å²) in [6.07, 6.45) is 0.745. The summed E-state index contributed by atoms with van der Waals surface area (Å²) in [7, 11) is 0. The lowest BCUT2D eigenvalue weighted by molar-refractivity contribution is 0.0169. The Morgan fingerprint density at radius 2 is 2.24 bits per heavy atom. The van der Waals surface area contributed by atoms with Crippen LogP contribution in [0.3, 0.4) is 0 Å². The van der Waals surface area contributed by atoms with E-state index >= 15 is 0 Å². The number of carbonyl (C=O) groups excluding carboxylic acids is 1. The Morgan fingerprint density at radius 1 is 1.59 bits per heavy atom. The van der Waals surface area contributed by atoms with Crippen LogP contribution in [-0.4, -0.2) is 46.9 Å². The van der Waals surface area contributed by atoms with Gasteiger partial charge in [-0.25, -0.2) is 4.79 Å². The summed E-state index contributed by atoms with van der Waals surface area (Å²) in [5.74, 6) is 0.683. The molecule has 3 fully saturated rings. The third kappa shape index (κ3) is 2.26. The Bertz CT molecular complexity index is 313. The second-order valence-corrected chi connectivity index (χ2v) is 6.12. The number of rotatable bonds is 2. The predicted molar refractivity (Wildman–Crippen MR) is 63.4 cm³/mol. The van der Waals surface area contributed by atoms with Crippen molar-refractivity contribution in [3.05, 3.63) is 0 Å². The summed E-state index contributed by atoms with van der Waals surface area (Å²) < 4.78 is 5.36. The van der Waals surface area contributed by atoms with E-state index in [2.05, 4.69) is 0 Å². The largest absolute Gasteiger partial charge is 0.444 e. The molecule has 0 aromatic rings. The fourth-order valence-corrected chi connectivity index (χ4v) is 2.95. The van der Waals surface area contributed by atoms with Crippen LogP contribution in [0.25, 0.3) is 0 Å². The molecule has 1 saturated carbocycles. The molecule has 5 heteroatoms. The van der Waals surface area contributed by atoms with Gasteiger partial charge in [0.15, 0.2) is 0 Å². The van der Waals surface area contributed by atoms with Crippen molar-refractivity contribution in [2.75, 3.05) is 13.2 Å². The molecule has 0 spiro atoms. The van der Waals surface area contributed by atoms with E-state index < -0.39 is 5.60 Å². The lowest BCUT2D eigenvalue weighted by Crippen LogP contribution is -2.52. The monoisotopic (exact) mass is 242 g/mol. The van der Waals surface area contributed by atoms with Gasteiger partial charge in [-0.2, -0.15) is 0 Å². The minimum atomic E-state index is -0.460. The van der Waals surface area contributed by atoms with E-state index in [4.69, 9.17) is 15.6 Å². The number of aliphatic hydroxyl groups is 1. The fraction of sp³-hybridized carbons (Fsp3) is 0.917. The van der Waals surface area contributed by atoms with Gasteiger partial charge in [-0.05, 0) is 33.1 Å². The van der Waals surface area contributed by atoms with Crippen LogP contribution < -0.4 is 5.73 Å². The minimum Gasteiger partial charge on any atom is -0.444 e. The Morgan fingerprint density at radius 3 is 2.76 bits per heavy atom. The number of aliphatic hydroxyl groups excluding tert-OH is 1. The van der Waals surface area contributed by atoms with E-state index in [-0.39, 0.29) is 30.7 Å². The number of hydrogen-bond acceptors (Lipinski definition) is 4. The number of hydrogen-bond donors (Lipinski definition) is 2. The summed E-state index contributed by atoms with van der Waals surface area (Å²) in [6, 6.07) is -0.0526. The summed E-state index contributed by atoms with van der Waals surface area (Å²) in [4.78, 5) is 13.7. The molecule has 4 atom stereocenters. The predicted octanol–water partition coefficient (Wildman–Crippen LogP) is 0.561. The van der Waals surface area contributed by atoms with Crippen LogP contribution in [0.15, 0.2) is 0 Å². The number of ether oxygens (including phenoxy) is 1. The summed E-state index contributed by atoms with van der Waals surface area (Å²) in [5.41, 5.74) is 5.40. The lowest BCUT2D eigenvalue weighted by atomic mass is 9.70. The highest BCUT2D eigenvalue weighted by Gasteiger charge is 2.56. The molecule has 2 unspecified atom stereocenters.